The summed E-state index contributed by atoms with van der Waals surface area (Å²) in [5.41, 5.74) is 2.87. The van der Waals surface area contributed by atoms with Crippen LogP contribution in [0.2, 0.25) is 0 Å². The third kappa shape index (κ3) is 14.0. The molecule has 2 aromatic carbocycles. The van der Waals surface area contributed by atoms with Crippen molar-refractivity contribution in [2.75, 3.05) is 37.7 Å². The number of nitrogens with one attached hydrogen (secondary N) is 2. The maximum absolute atomic E-state index is 11.9. The summed E-state index contributed by atoms with van der Waals surface area (Å²) >= 11 is 0. The molecule has 0 saturated carbocycles. The predicted octanol–water partition coefficient (Wildman–Crippen LogP) is 4.03. The molecule has 11 nitrogen and oxygen atoms in total. The first kappa shape index (κ1) is 35.7. The monoisotopic (exact) mass is 601 g/mol. The van der Waals surface area contributed by atoms with Gasteiger partial charge in [0.15, 0.2) is 0 Å². The first-order valence-corrected chi connectivity index (χ1v) is 15.0. The molecule has 1 fully saturated rings. The second-order valence-corrected chi connectivity index (χ2v) is 10.5. The lowest BCUT2D eigenvalue weighted by Crippen LogP contribution is -2.30. The Morgan fingerprint density at radius 3 is 2.33 bits per heavy atom. The fourth-order valence-corrected chi connectivity index (χ4v) is 4.63. The predicted molar refractivity (Wildman–Crippen MR) is 164 cm³/mol. The Balaban J connectivity index is 0.00000151. The maximum Gasteiger partial charge on any atom is 0.329 e. The molecule has 0 bridgehead atoms. The zero-order valence-corrected chi connectivity index (χ0v) is 25.1. The van der Waals surface area contributed by atoms with E-state index in [1.807, 2.05) is 18.2 Å². The Bertz CT molecular complexity index is 1120. The number of benzene rings is 2. The number of hydrogen-bond acceptors (Lipinski definition) is 8. The Kier molecular flexibility index (Phi) is 16.9. The molecule has 2 aromatic rings. The number of anilines is 1. The van der Waals surface area contributed by atoms with Gasteiger partial charge < -0.3 is 35.8 Å². The van der Waals surface area contributed by atoms with E-state index < -0.39 is 12.1 Å². The minimum atomic E-state index is -0.833. The average molecular weight is 602 g/mol. The standard InChI is InChI=1S/C30H43N3O6.C2H4O2/c34-22-25-19-24(13-14-27(25)35)28(36)20-31-15-6-2-4-8-17-39-16-7-3-1-5-10-23-11-9-12-26(18-23)33-29(37)21-32-30(33)38;1-2(3)4/h9,11-14,18-19,28,31,34-36H,1-8,10,15-17,20-22H2,(H,32,38);1H3,(H,3,4)/t28-;/m0./s1. The number of aromatic hydroxyl groups is 1. The van der Waals surface area contributed by atoms with Gasteiger partial charge in [-0.3, -0.25) is 9.59 Å². The van der Waals surface area contributed by atoms with Crippen molar-refractivity contribution in [3.8, 4) is 5.75 Å². The molecule has 1 atom stereocenters. The highest BCUT2D eigenvalue weighted by Gasteiger charge is 2.29. The van der Waals surface area contributed by atoms with Crippen molar-refractivity contribution < 1.29 is 39.5 Å². The van der Waals surface area contributed by atoms with E-state index in [0.29, 0.717) is 23.4 Å². The number of aliphatic carboxylic acids is 1. The highest BCUT2D eigenvalue weighted by molar-refractivity contribution is 6.19. The number of aryl methyl sites for hydroxylation is 1. The highest BCUT2D eigenvalue weighted by Crippen LogP contribution is 2.22. The SMILES string of the molecule is CC(=O)O.O=C1CNC(=O)N1c1cccc(CCCCCCOCCCCCCNC[C@H](O)c2ccc(O)c(CO)c2)c1. The molecule has 3 rings (SSSR count). The quantitative estimate of drug-likeness (QED) is 0.103. The zero-order chi connectivity index (χ0) is 31.5. The van der Waals surface area contributed by atoms with Crippen LogP contribution in [0.1, 0.15) is 81.1 Å². The van der Waals surface area contributed by atoms with Crippen molar-refractivity contribution in [3.63, 3.8) is 0 Å². The molecule has 11 heteroatoms. The molecule has 0 radical (unpaired) electrons. The smallest absolute Gasteiger partial charge is 0.329 e. The number of imide groups is 1. The number of rotatable bonds is 19. The largest absolute Gasteiger partial charge is 0.508 e. The lowest BCUT2D eigenvalue weighted by atomic mass is 10.1. The van der Waals surface area contributed by atoms with E-state index in [-0.39, 0.29) is 30.8 Å². The van der Waals surface area contributed by atoms with Crippen LogP contribution in [-0.4, -0.2) is 71.2 Å². The van der Waals surface area contributed by atoms with Crippen LogP contribution in [0.4, 0.5) is 10.5 Å². The van der Waals surface area contributed by atoms with Crippen LogP contribution in [0.15, 0.2) is 42.5 Å². The fraction of sp³-hybridized carbons (Fsp3) is 0.531. The molecule has 1 heterocycles. The van der Waals surface area contributed by atoms with E-state index in [4.69, 9.17) is 14.6 Å². The number of amides is 3. The van der Waals surface area contributed by atoms with Crippen LogP contribution in [-0.2, 0) is 27.4 Å². The first-order chi connectivity index (χ1) is 20.7. The molecule has 1 aliphatic heterocycles. The third-order valence-electron chi connectivity index (χ3n) is 6.90. The van der Waals surface area contributed by atoms with E-state index in [1.54, 1.807) is 18.2 Å². The van der Waals surface area contributed by atoms with Crippen molar-refractivity contribution in [2.24, 2.45) is 0 Å². The van der Waals surface area contributed by atoms with Gasteiger partial charge in [-0.2, -0.15) is 0 Å². The summed E-state index contributed by atoms with van der Waals surface area (Å²) in [4.78, 5) is 33.9. The zero-order valence-electron chi connectivity index (χ0n) is 25.1. The second-order valence-electron chi connectivity index (χ2n) is 10.5. The average Bonchev–Trinajstić information content (AvgIpc) is 3.32. The van der Waals surface area contributed by atoms with Crippen molar-refractivity contribution in [1.82, 2.24) is 10.6 Å². The van der Waals surface area contributed by atoms with E-state index in [1.165, 1.54) is 11.0 Å². The highest BCUT2D eigenvalue weighted by atomic mass is 16.5. The normalized spacial score (nSPS) is 13.4. The minimum absolute atomic E-state index is 0.0381. The van der Waals surface area contributed by atoms with Gasteiger partial charge in [0.1, 0.15) is 5.75 Å². The van der Waals surface area contributed by atoms with Gasteiger partial charge >= 0.3 is 6.03 Å². The number of carboxylic acids is 1. The van der Waals surface area contributed by atoms with Crippen LogP contribution in [0.3, 0.4) is 0 Å². The molecule has 43 heavy (non-hydrogen) atoms. The van der Waals surface area contributed by atoms with Crippen LogP contribution in [0.5, 0.6) is 5.75 Å². The van der Waals surface area contributed by atoms with Gasteiger partial charge in [-0.1, -0.05) is 43.9 Å². The number of carboxylic acid groups (broad SMARTS) is 1. The molecule has 0 unspecified atom stereocenters. The number of unbranched alkanes of at least 4 members (excludes halogenated alkanes) is 6. The molecule has 3 amide bonds. The molecular weight excluding hydrogens is 554 g/mol. The van der Waals surface area contributed by atoms with Crippen molar-refractivity contribution >= 4 is 23.6 Å². The number of urea groups is 1. The van der Waals surface area contributed by atoms with Crippen LogP contribution < -0.4 is 15.5 Å². The van der Waals surface area contributed by atoms with Gasteiger partial charge in [-0.15, -0.1) is 0 Å². The van der Waals surface area contributed by atoms with Crippen LogP contribution in [0, 0.1) is 0 Å². The van der Waals surface area contributed by atoms with Gasteiger partial charge in [0.2, 0.25) is 0 Å². The third-order valence-corrected chi connectivity index (χ3v) is 6.90. The molecular formula is C32H47N3O8. The summed E-state index contributed by atoms with van der Waals surface area (Å²) in [5, 5.41) is 42.4. The van der Waals surface area contributed by atoms with Crippen molar-refractivity contribution in [3.05, 3.63) is 59.2 Å². The van der Waals surface area contributed by atoms with Crippen LogP contribution >= 0.6 is 0 Å². The molecule has 0 aliphatic carbocycles. The Hall–Kier alpha value is -3.51. The van der Waals surface area contributed by atoms with E-state index in [2.05, 4.69) is 10.6 Å². The topological polar surface area (TPSA) is 169 Å². The summed E-state index contributed by atoms with van der Waals surface area (Å²) in [6, 6.07) is 12.1. The Morgan fingerprint density at radius 1 is 1.00 bits per heavy atom. The minimum Gasteiger partial charge on any atom is -0.508 e. The van der Waals surface area contributed by atoms with E-state index >= 15 is 0 Å². The van der Waals surface area contributed by atoms with Crippen LogP contribution in [0.25, 0.3) is 0 Å². The van der Waals surface area contributed by atoms with Crippen molar-refractivity contribution in [2.45, 2.75) is 77.4 Å². The summed E-state index contributed by atoms with van der Waals surface area (Å²) in [6.45, 7) is 3.73. The molecule has 0 aromatic heterocycles. The Labute approximate surface area is 253 Å². The number of hydrogen-bond donors (Lipinski definition) is 6. The molecule has 1 saturated heterocycles. The Morgan fingerprint density at radius 2 is 1.67 bits per heavy atom. The fourth-order valence-electron chi connectivity index (χ4n) is 4.63. The molecule has 1 aliphatic rings. The van der Waals surface area contributed by atoms with E-state index in [9.17, 15) is 24.9 Å². The van der Waals surface area contributed by atoms with Gasteiger partial charge in [-0.25, -0.2) is 9.69 Å². The number of aliphatic hydroxyl groups is 2. The number of nitrogens with zero attached hydrogens (tertiary/aromatic N) is 1. The first-order valence-electron chi connectivity index (χ1n) is 15.0. The molecule has 238 valence electrons. The maximum atomic E-state index is 11.9. The number of carbonyl (C=O) groups is 3. The second kappa shape index (κ2) is 20.4. The summed E-state index contributed by atoms with van der Waals surface area (Å²) in [6.07, 6.45) is 8.92. The van der Waals surface area contributed by atoms with Gasteiger partial charge in [-0.05, 0) is 74.0 Å². The number of carbonyl (C=O) groups excluding carboxylic acids is 2. The van der Waals surface area contributed by atoms with Gasteiger partial charge in [0, 0.05) is 32.2 Å². The van der Waals surface area contributed by atoms with Crippen molar-refractivity contribution in [1.29, 1.82) is 0 Å². The number of phenols is 1. The molecule has 6 N–H and O–H groups in total. The number of aliphatic hydroxyl groups excluding tert-OH is 2. The van der Waals surface area contributed by atoms with Gasteiger partial charge in [0.05, 0.1) is 24.9 Å². The van der Waals surface area contributed by atoms with E-state index in [0.717, 1.165) is 90.0 Å². The number of ether oxygens (including phenoxy) is 1. The summed E-state index contributed by atoms with van der Waals surface area (Å²) < 4.78 is 5.77. The summed E-state index contributed by atoms with van der Waals surface area (Å²) in [7, 11) is 0. The summed E-state index contributed by atoms with van der Waals surface area (Å²) in [5.74, 6) is -1.01. The molecule has 0 spiro atoms. The lowest BCUT2D eigenvalue weighted by Gasteiger charge is -2.14. The van der Waals surface area contributed by atoms with Gasteiger partial charge in [0.25, 0.3) is 11.9 Å². The lowest BCUT2D eigenvalue weighted by molar-refractivity contribution is -0.134.